The molecule has 0 atom stereocenters. The SMILES string of the molecule is [CH2]CCCNc1ccccc1. The predicted octanol–water partition coefficient (Wildman–Crippen LogP) is 2.71. The Morgan fingerprint density at radius 3 is 2.55 bits per heavy atom. The number of nitrogens with one attached hydrogen (secondary N) is 1. The summed E-state index contributed by atoms with van der Waals surface area (Å²) >= 11 is 0. The van der Waals surface area contributed by atoms with E-state index in [-0.39, 0.29) is 0 Å². The molecule has 11 heavy (non-hydrogen) atoms. The lowest BCUT2D eigenvalue weighted by Crippen LogP contribution is -1.99. The van der Waals surface area contributed by atoms with Crippen LogP contribution in [0.2, 0.25) is 0 Å². The van der Waals surface area contributed by atoms with Gasteiger partial charge < -0.3 is 5.32 Å². The highest BCUT2D eigenvalue weighted by Crippen LogP contribution is 2.04. The second-order valence-electron chi connectivity index (χ2n) is 2.50. The third kappa shape index (κ3) is 3.08. The average Bonchev–Trinajstić information content (AvgIpc) is 2.07. The maximum Gasteiger partial charge on any atom is 0.0340 e. The molecule has 0 aliphatic carbocycles. The summed E-state index contributed by atoms with van der Waals surface area (Å²) in [6, 6.07) is 10.2. The Morgan fingerprint density at radius 2 is 1.91 bits per heavy atom. The minimum absolute atomic E-state index is 1.000. The topological polar surface area (TPSA) is 12.0 Å². The number of benzene rings is 1. The van der Waals surface area contributed by atoms with E-state index in [0.717, 1.165) is 19.4 Å². The van der Waals surface area contributed by atoms with Crippen LogP contribution in [0.25, 0.3) is 0 Å². The normalized spacial score (nSPS) is 9.55. The van der Waals surface area contributed by atoms with Crippen LogP contribution in [0.5, 0.6) is 0 Å². The lowest BCUT2D eigenvalue weighted by Gasteiger charge is -2.03. The van der Waals surface area contributed by atoms with Crippen LogP contribution in [0.4, 0.5) is 5.69 Å². The molecule has 1 aromatic rings. The van der Waals surface area contributed by atoms with Gasteiger partial charge in [0.2, 0.25) is 0 Å². The first kappa shape index (κ1) is 8.12. The summed E-state index contributed by atoms with van der Waals surface area (Å²) in [5.74, 6) is 0. The third-order valence-corrected chi connectivity index (χ3v) is 1.53. The first-order valence-electron chi connectivity index (χ1n) is 4.01. The number of para-hydroxylation sites is 1. The lowest BCUT2D eigenvalue weighted by atomic mass is 10.3. The van der Waals surface area contributed by atoms with E-state index in [1.54, 1.807) is 0 Å². The van der Waals surface area contributed by atoms with Gasteiger partial charge in [0.1, 0.15) is 0 Å². The van der Waals surface area contributed by atoms with Crippen molar-refractivity contribution in [1.82, 2.24) is 0 Å². The van der Waals surface area contributed by atoms with Gasteiger partial charge in [-0.2, -0.15) is 0 Å². The molecular formula is C10H14N. The Morgan fingerprint density at radius 1 is 1.18 bits per heavy atom. The molecule has 59 valence electrons. The molecule has 0 saturated carbocycles. The van der Waals surface area contributed by atoms with Gasteiger partial charge in [0.15, 0.2) is 0 Å². The fourth-order valence-electron chi connectivity index (χ4n) is 0.914. The van der Waals surface area contributed by atoms with E-state index < -0.39 is 0 Å². The summed E-state index contributed by atoms with van der Waals surface area (Å²) in [5, 5.41) is 3.31. The van der Waals surface area contributed by atoms with Crippen molar-refractivity contribution in [2.75, 3.05) is 11.9 Å². The molecule has 0 amide bonds. The molecule has 0 aromatic heterocycles. The van der Waals surface area contributed by atoms with Gasteiger partial charge in [0, 0.05) is 12.2 Å². The second-order valence-corrected chi connectivity index (χ2v) is 2.50. The fourth-order valence-corrected chi connectivity index (χ4v) is 0.914. The first-order valence-corrected chi connectivity index (χ1v) is 4.01. The fraction of sp³-hybridized carbons (Fsp3) is 0.300. The van der Waals surface area contributed by atoms with Crippen LogP contribution in [0, 0.1) is 6.92 Å². The summed E-state index contributed by atoms with van der Waals surface area (Å²) in [6.45, 7) is 4.80. The summed E-state index contributed by atoms with van der Waals surface area (Å²) < 4.78 is 0. The Balaban J connectivity index is 2.28. The van der Waals surface area contributed by atoms with Crippen molar-refractivity contribution in [2.45, 2.75) is 12.8 Å². The van der Waals surface area contributed by atoms with Crippen molar-refractivity contribution in [3.8, 4) is 0 Å². The van der Waals surface area contributed by atoms with E-state index in [1.165, 1.54) is 5.69 Å². The van der Waals surface area contributed by atoms with Gasteiger partial charge in [-0.05, 0) is 18.6 Å². The van der Waals surface area contributed by atoms with Crippen LogP contribution in [0.15, 0.2) is 30.3 Å². The molecule has 0 bridgehead atoms. The van der Waals surface area contributed by atoms with E-state index in [2.05, 4.69) is 24.4 Å². The highest BCUT2D eigenvalue weighted by molar-refractivity contribution is 5.42. The zero-order valence-corrected chi connectivity index (χ0v) is 6.72. The molecule has 1 radical (unpaired) electrons. The Bertz CT molecular complexity index is 181. The number of rotatable bonds is 4. The largest absolute Gasteiger partial charge is 0.385 e. The quantitative estimate of drug-likeness (QED) is 0.647. The molecule has 0 fully saturated rings. The average molecular weight is 148 g/mol. The standard InChI is InChI=1S/C10H14N/c1-2-3-9-11-10-7-5-4-6-8-10/h4-8,11H,1-3,9H2. The maximum atomic E-state index is 3.78. The van der Waals surface area contributed by atoms with Gasteiger partial charge in [-0.25, -0.2) is 0 Å². The monoisotopic (exact) mass is 148 g/mol. The molecule has 0 saturated heterocycles. The molecular weight excluding hydrogens is 134 g/mol. The summed E-state index contributed by atoms with van der Waals surface area (Å²) in [7, 11) is 0. The van der Waals surface area contributed by atoms with Crippen LogP contribution in [-0.4, -0.2) is 6.54 Å². The van der Waals surface area contributed by atoms with Gasteiger partial charge in [0.05, 0.1) is 0 Å². The highest BCUT2D eigenvalue weighted by Gasteiger charge is 1.86. The molecule has 1 nitrogen and oxygen atoms in total. The molecule has 0 spiro atoms. The van der Waals surface area contributed by atoms with Gasteiger partial charge in [0.25, 0.3) is 0 Å². The Labute approximate surface area is 68.4 Å². The van der Waals surface area contributed by atoms with E-state index >= 15 is 0 Å². The number of hydrogen-bond acceptors (Lipinski definition) is 1. The lowest BCUT2D eigenvalue weighted by molar-refractivity contribution is 0.887. The van der Waals surface area contributed by atoms with Crippen molar-refractivity contribution in [3.05, 3.63) is 37.3 Å². The Kier molecular flexibility index (Phi) is 3.53. The van der Waals surface area contributed by atoms with E-state index in [9.17, 15) is 0 Å². The molecule has 0 aliphatic heterocycles. The van der Waals surface area contributed by atoms with E-state index in [4.69, 9.17) is 0 Å². The van der Waals surface area contributed by atoms with Gasteiger partial charge in [-0.15, -0.1) is 0 Å². The van der Waals surface area contributed by atoms with Gasteiger partial charge in [-0.3, -0.25) is 0 Å². The molecule has 0 unspecified atom stereocenters. The van der Waals surface area contributed by atoms with E-state index in [1.807, 2.05) is 18.2 Å². The molecule has 1 N–H and O–H groups in total. The highest BCUT2D eigenvalue weighted by atomic mass is 14.9. The van der Waals surface area contributed by atoms with Crippen molar-refractivity contribution in [3.63, 3.8) is 0 Å². The molecule has 0 aliphatic rings. The van der Waals surface area contributed by atoms with E-state index in [0.29, 0.717) is 0 Å². The van der Waals surface area contributed by atoms with Crippen molar-refractivity contribution in [1.29, 1.82) is 0 Å². The number of hydrogen-bond donors (Lipinski definition) is 1. The number of anilines is 1. The zero-order chi connectivity index (χ0) is 7.94. The van der Waals surface area contributed by atoms with Crippen LogP contribution in [-0.2, 0) is 0 Å². The van der Waals surface area contributed by atoms with Crippen molar-refractivity contribution >= 4 is 5.69 Å². The summed E-state index contributed by atoms with van der Waals surface area (Å²) in [6.07, 6.45) is 2.13. The molecule has 0 heterocycles. The minimum atomic E-state index is 1.000. The summed E-state index contributed by atoms with van der Waals surface area (Å²) in [4.78, 5) is 0. The molecule has 1 heteroatoms. The van der Waals surface area contributed by atoms with Gasteiger partial charge >= 0.3 is 0 Å². The van der Waals surface area contributed by atoms with Crippen molar-refractivity contribution in [2.24, 2.45) is 0 Å². The zero-order valence-electron chi connectivity index (χ0n) is 6.72. The van der Waals surface area contributed by atoms with Crippen LogP contribution >= 0.6 is 0 Å². The van der Waals surface area contributed by atoms with Crippen LogP contribution < -0.4 is 5.32 Å². The third-order valence-electron chi connectivity index (χ3n) is 1.53. The smallest absolute Gasteiger partial charge is 0.0340 e. The van der Waals surface area contributed by atoms with Crippen LogP contribution in [0.3, 0.4) is 0 Å². The van der Waals surface area contributed by atoms with Gasteiger partial charge in [-0.1, -0.05) is 31.5 Å². The van der Waals surface area contributed by atoms with Crippen LogP contribution in [0.1, 0.15) is 12.8 Å². The summed E-state index contributed by atoms with van der Waals surface area (Å²) in [5.41, 5.74) is 1.20. The first-order chi connectivity index (χ1) is 5.43. The molecule has 1 rings (SSSR count). The molecule has 1 aromatic carbocycles. The Hall–Kier alpha value is -0.980. The number of unbranched alkanes of at least 4 members (excludes halogenated alkanes) is 1. The van der Waals surface area contributed by atoms with Crippen molar-refractivity contribution < 1.29 is 0 Å². The minimum Gasteiger partial charge on any atom is -0.385 e. The second kappa shape index (κ2) is 4.78. The maximum absolute atomic E-state index is 3.78. The predicted molar refractivity (Wildman–Crippen MR) is 49.5 cm³/mol.